The lowest BCUT2D eigenvalue weighted by Gasteiger charge is -2.12. The van der Waals surface area contributed by atoms with E-state index in [2.05, 4.69) is 20.2 Å². The van der Waals surface area contributed by atoms with Crippen LogP contribution in [-0.4, -0.2) is 41.7 Å². The number of esters is 1. The smallest absolute Gasteiger partial charge is 0.358 e. The number of halogens is 1. The van der Waals surface area contributed by atoms with Crippen molar-refractivity contribution in [3.8, 4) is 11.4 Å². The van der Waals surface area contributed by atoms with Gasteiger partial charge >= 0.3 is 5.97 Å². The lowest BCUT2D eigenvalue weighted by Crippen LogP contribution is -2.22. The van der Waals surface area contributed by atoms with Crippen LogP contribution in [0.2, 0.25) is 5.02 Å². The highest BCUT2D eigenvalue weighted by atomic mass is 35.5. The maximum absolute atomic E-state index is 13.4. The Labute approximate surface area is 197 Å². The molecular formula is C23H17ClN6O4. The fraction of sp³-hybridized carbons (Fsp3) is 0.130. The molecule has 0 aliphatic carbocycles. The lowest BCUT2D eigenvalue weighted by atomic mass is 10.2. The molecule has 0 aliphatic rings. The summed E-state index contributed by atoms with van der Waals surface area (Å²) in [6.45, 7) is 2.21. The number of ether oxygens (including phenoxy) is 2. The maximum Gasteiger partial charge on any atom is 0.358 e. The SMILES string of the molecule is CCOc1ccc(-n2c(=O)c3ccc(Cl)cc3n3c(COC(=O)c4cnccn4)nnc23)cc1. The summed E-state index contributed by atoms with van der Waals surface area (Å²) < 4.78 is 14.0. The zero-order valence-corrected chi connectivity index (χ0v) is 18.6. The summed E-state index contributed by atoms with van der Waals surface area (Å²) in [4.78, 5) is 33.6. The average Bonchev–Trinajstić information content (AvgIpc) is 3.28. The molecule has 0 amide bonds. The fourth-order valence-electron chi connectivity index (χ4n) is 3.57. The number of rotatable bonds is 6. The van der Waals surface area contributed by atoms with Crippen LogP contribution in [0.4, 0.5) is 0 Å². The van der Waals surface area contributed by atoms with Gasteiger partial charge in [0.15, 0.2) is 18.1 Å². The van der Waals surface area contributed by atoms with Gasteiger partial charge in [-0.05, 0) is 49.4 Å². The van der Waals surface area contributed by atoms with E-state index in [1.807, 2.05) is 6.92 Å². The Morgan fingerprint density at radius 1 is 1.09 bits per heavy atom. The number of fused-ring (bicyclic) bond motifs is 3. The summed E-state index contributed by atoms with van der Waals surface area (Å²) in [5.74, 6) is 0.571. The molecule has 2 aromatic carbocycles. The van der Waals surface area contributed by atoms with Gasteiger partial charge < -0.3 is 9.47 Å². The van der Waals surface area contributed by atoms with E-state index in [0.29, 0.717) is 39.8 Å². The number of aromatic nitrogens is 6. The van der Waals surface area contributed by atoms with E-state index >= 15 is 0 Å². The minimum atomic E-state index is -0.660. The van der Waals surface area contributed by atoms with E-state index < -0.39 is 5.97 Å². The van der Waals surface area contributed by atoms with Gasteiger partial charge in [0.25, 0.3) is 5.56 Å². The molecular weight excluding hydrogens is 460 g/mol. The van der Waals surface area contributed by atoms with Crippen LogP contribution in [0.3, 0.4) is 0 Å². The van der Waals surface area contributed by atoms with E-state index in [-0.39, 0.29) is 23.6 Å². The first-order valence-corrected chi connectivity index (χ1v) is 10.7. The Balaban J connectivity index is 1.64. The molecule has 0 spiro atoms. The first-order chi connectivity index (χ1) is 16.6. The Kier molecular flexibility index (Phi) is 5.64. The fourth-order valence-corrected chi connectivity index (χ4v) is 3.74. The summed E-state index contributed by atoms with van der Waals surface area (Å²) in [5.41, 5.74) is 0.838. The van der Waals surface area contributed by atoms with Gasteiger partial charge in [0, 0.05) is 17.4 Å². The van der Waals surface area contributed by atoms with Crippen LogP contribution in [0.1, 0.15) is 23.2 Å². The summed E-state index contributed by atoms with van der Waals surface area (Å²) in [6, 6.07) is 12.0. The normalized spacial score (nSPS) is 11.1. The number of hydrogen-bond acceptors (Lipinski definition) is 8. The van der Waals surface area contributed by atoms with Crippen molar-refractivity contribution in [2.45, 2.75) is 13.5 Å². The minimum Gasteiger partial charge on any atom is -0.494 e. The molecule has 0 aliphatic heterocycles. The molecule has 0 radical (unpaired) electrons. The quantitative estimate of drug-likeness (QED) is 0.343. The third-order valence-corrected chi connectivity index (χ3v) is 5.29. The molecule has 0 saturated heterocycles. The van der Waals surface area contributed by atoms with Crippen LogP contribution in [0.15, 0.2) is 65.8 Å². The van der Waals surface area contributed by atoms with Crippen LogP contribution in [0.5, 0.6) is 5.75 Å². The van der Waals surface area contributed by atoms with Gasteiger partial charge in [-0.1, -0.05) is 11.6 Å². The molecule has 0 fully saturated rings. The van der Waals surface area contributed by atoms with Crippen molar-refractivity contribution >= 4 is 34.3 Å². The van der Waals surface area contributed by atoms with E-state index in [0.717, 1.165) is 0 Å². The molecule has 5 aromatic rings. The van der Waals surface area contributed by atoms with Gasteiger partial charge in [-0.3, -0.25) is 14.2 Å². The first kappa shape index (κ1) is 21.5. The highest BCUT2D eigenvalue weighted by Gasteiger charge is 2.19. The Morgan fingerprint density at radius 2 is 1.91 bits per heavy atom. The van der Waals surface area contributed by atoms with E-state index in [4.69, 9.17) is 21.1 Å². The van der Waals surface area contributed by atoms with Crippen molar-refractivity contribution in [2.24, 2.45) is 0 Å². The largest absolute Gasteiger partial charge is 0.494 e. The lowest BCUT2D eigenvalue weighted by molar-refractivity contribution is 0.0454. The molecule has 170 valence electrons. The van der Waals surface area contributed by atoms with Crippen LogP contribution in [0.25, 0.3) is 22.4 Å². The summed E-state index contributed by atoms with van der Waals surface area (Å²) in [5, 5.41) is 9.24. The van der Waals surface area contributed by atoms with Gasteiger partial charge in [-0.2, -0.15) is 0 Å². The second-order valence-corrected chi connectivity index (χ2v) is 7.58. The van der Waals surface area contributed by atoms with Crippen molar-refractivity contribution < 1.29 is 14.3 Å². The average molecular weight is 477 g/mol. The highest BCUT2D eigenvalue weighted by Crippen LogP contribution is 2.22. The van der Waals surface area contributed by atoms with Gasteiger partial charge in [-0.15, -0.1) is 10.2 Å². The van der Waals surface area contributed by atoms with Crippen LogP contribution < -0.4 is 10.3 Å². The zero-order chi connectivity index (χ0) is 23.7. The number of carbonyl (C=O) groups is 1. The Bertz CT molecular complexity index is 1560. The molecule has 0 unspecified atom stereocenters. The van der Waals surface area contributed by atoms with Crippen molar-refractivity contribution in [2.75, 3.05) is 6.61 Å². The van der Waals surface area contributed by atoms with Crippen molar-refractivity contribution in [1.82, 2.24) is 29.1 Å². The van der Waals surface area contributed by atoms with Crippen molar-refractivity contribution in [3.63, 3.8) is 0 Å². The molecule has 34 heavy (non-hydrogen) atoms. The summed E-state index contributed by atoms with van der Waals surface area (Å²) >= 11 is 6.22. The summed E-state index contributed by atoms with van der Waals surface area (Å²) in [7, 11) is 0. The van der Waals surface area contributed by atoms with E-state index in [1.54, 1.807) is 46.9 Å². The monoisotopic (exact) mass is 476 g/mol. The van der Waals surface area contributed by atoms with Crippen molar-refractivity contribution in [3.05, 3.63) is 87.9 Å². The summed E-state index contributed by atoms with van der Waals surface area (Å²) in [6.07, 6.45) is 4.16. The van der Waals surface area contributed by atoms with E-state index in [1.165, 1.54) is 23.2 Å². The number of carbonyl (C=O) groups excluding carboxylic acids is 1. The van der Waals surface area contributed by atoms with Gasteiger partial charge in [0.05, 0.1) is 29.4 Å². The van der Waals surface area contributed by atoms with Crippen molar-refractivity contribution in [1.29, 1.82) is 0 Å². The molecule has 3 heterocycles. The van der Waals surface area contributed by atoms with Crippen LogP contribution in [0, 0.1) is 0 Å². The number of benzene rings is 2. The van der Waals surface area contributed by atoms with Gasteiger partial charge in [0.1, 0.15) is 5.75 Å². The standard InChI is InChI=1S/C23H17ClN6O4/c1-2-33-16-6-4-15(5-7-16)29-21(31)17-8-3-14(24)11-19(17)30-20(27-28-23(29)30)13-34-22(32)18-12-25-9-10-26-18/h3-12H,2,13H2,1H3. The molecule has 3 aromatic heterocycles. The molecule has 5 rings (SSSR count). The topological polar surface area (TPSA) is 114 Å². The van der Waals surface area contributed by atoms with Crippen LogP contribution >= 0.6 is 11.6 Å². The molecule has 0 atom stereocenters. The second-order valence-electron chi connectivity index (χ2n) is 7.15. The molecule has 0 N–H and O–H groups in total. The molecule has 11 heteroatoms. The molecule has 10 nitrogen and oxygen atoms in total. The third kappa shape index (κ3) is 3.84. The third-order valence-electron chi connectivity index (χ3n) is 5.06. The zero-order valence-electron chi connectivity index (χ0n) is 17.9. The number of hydrogen-bond donors (Lipinski definition) is 0. The Morgan fingerprint density at radius 3 is 2.65 bits per heavy atom. The van der Waals surface area contributed by atoms with E-state index in [9.17, 15) is 9.59 Å². The van der Waals surface area contributed by atoms with Crippen LogP contribution in [-0.2, 0) is 11.3 Å². The minimum absolute atomic E-state index is 0.0653. The predicted molar refractivity (Wildman–Crippen MR) is 123 cm³/mol. The second kappa shape index (κ2) is 8.91. The highest BCUT2D eigenvalue weighted by molar-refractivity contribution is 6.31. The predicted octanol–water partition coefficient (Wildman–Crippen LogP) is 3.23. The molecule has 0 bridgehead atoms. The Hall–Kier alpha value is -4.31. The first-order valence-electron chi connectivity index (χ1n) is 10.3. The number of nitrogens with zero attached hydrogens (tertiary/aromatic N) is 6. The molecule has 0 saturated carbocycles. The maximum atomic E-state index is 13.4. The van der Waals surface area contributed by atoms with Gasteiger partial charge in [0.2, 0.25) is 5.78 Å². The van der Waals surface area contributed by atoms with Gasteiger partial charge in [-0.25, -0.2) is 14.3 Å².